The summed E-state index contributed by atoms with van der Waals surface area (Å²) < 4.78 is 17.1. The fourth-order valence-electron chi connectivity index (χ4n) is 3.15. The Bertz CT molecular complexity index is 495. The first-order chi connectivity index (χ1) is 10.7. The first kappa shape index (κ1) is 15.5. The molecule has 0 radical (unpaired) electrons. The number of aliphatic hydroxyl groups is 1. The molecule has 2 aliphatic rings. The summed E-state index contributed by atoms with van der Waals surface area (Å²) in [6.07, 6.45) is 3.00. The molecule has 1 spiro atoms. The number of hydrogen-bond donors (Lipinski definition) is 1. The van der Waals surface area contributed by atoms with Crippen LogP contribution in [-0.4, -0.2) is 42.3 Å². The summed E-state index contributed by atoms with van der Waals surface area (Å²) in [6, 6.07) is 8.86. The first-order valence-electron chi connectivity index (χ1n) is 7.89. The third-order valence-electron chi connectivity index (χ3n) is 4.19. The lowest BCUT2D eigenvalue weighted by molar-refractivity contribution is -0.312. The number of esters is 1. The summed E-state index contributed by atoms with van der Waals surface area (Å²) in [4.78, 5) is 12.0. The maximum absolute atomic E-state index is 12.0. The van der Waals surface area contributed by atoms with Crippen molar-refractivity contribution in [1.29, 1.82) is 0 Å². The molecule has 1 N–H and O–H groups in total. The van der Waals surface area contributed by atoms with Crippen LogP contribution in [0.4, 0.5) is 0 Å². The number of carbonyl (C=O) groups excluding carboxylic acids is 1. The summed E-state index contributed by atoms with van der Waals surface area (Å²) >= 11 is 0. The SMILES string of the molecule is O=C(OC[C@@H]1C[C@@H](O)C[C@]2(CCCCO2)O1)c1ccccc1. The second kappa shape index (κ2) is 6.77. The van der Waals surface area contributed by atoms with Crippen LogP contribution in [-0.2, 0) is 14.2 Å². The van der Waals surface area contributed by atoms with E-state index in [9.17, 15) is 9.90 Å². The molecule has 0 aliphatic carbocycles. The smallest absolute Gasteiger partial charge is 0.338 e. The molecule has 0 bridgehead atoms. The lowest BCUT2D eigenvalue weighted by Crippen LogP contribution is -2.51. The Labute approximate surface area is 130 Å². The molecular formula is C17H22O5. The summed E-state index contributed by atoms with van der Waals surface area (Å²) in [5.41, 5.74) is 0.516. The molecule has 0 amide bonds. The third-order valence-corrected chi connectivity index (χ3v) is 4.19. The molecule has 2 aliphatic heterocycles. The van der Waals surface area contributed by atoms with Gasteiger partial charge in [0.25, 0.3) is 0 Å². The zero-order chi connectivity index (χ0) is 15.4. The van der Waals surface area contributed by atoms with Crippen LogP contribution in [0.5, 0.6) is 0 Å². The number of aliphatic hydroxyl groups excluding tert-OH is 1. The van der Waals surface area contributed by atoms with Crippen molar-refractivity contribution in [2.24, 2.45) is 0 Å². The largest absolute Gasteiger partial charge is 0.459 e. The lowest BCUT2D eigenvalue weighted by atomic mass is 9.93. The molecular weight excluding hydrogens is 284 g/mol. The predicted molar refractivity (Wildman–Crippen MR) is 79.4 cm³/mol. The number of ether oxygens (including phenoxy) is 3. The fourth-order valence-corrected chi connectivity index (χ4v) is 3.15. The van der Waals surface area contributed by atoms with Gasteiger partial charge in [0.15, 0.2) is 5.79 Å². The number of benzene rings is 1. The van der Waals surface area contributed by atoms with Gasteiger partial charge in [0, 0.05) is 19.3 Å². The highest BCUT2D eigenvalue weighted by molar-refractivity contribution is 5.89. The van der Waals surface area contributed by atoms with Crippen molar-refractivity contribution in [2.45, 2.75) is 50.1 Å². The average Bonchev–Trinajstić information content (AvgIpc) is 2.53. The van der Waals surface area contributed by atoms with Crippen molar-refractivity contribution < 1.29 is 24.1 Å². The van der Waals surface area contributed by atoms with E-state index in [1.54, 1.807) is 24.3 Å². The van der Waals surface area contributed by atoms with Gasteiger partial charge in [0.1, 0.15) is 6.61 Å². The van der Waals surface area contributed by atoms with Crippen LogP contribution in [0.25, 0.3) is 0 Å². The van der Waals surface area contributed by atoms with Gasteiger partial charge in [-0.3, -0.25) is 0 Å². The minimum atomic E-state index is -0.695. The average molecular weight is 306 g/mol. The Kier molecular flexibility index (Phi) is 4.76. The first-order valence-corrected chi connectivity index (χ1v) is 7.89. The highest BCUT2D eigenvalue weighted by Gasteiger charge is 2.43. The minimum Gasteiger partial charge on any atom is -0.459 e. The molecule has 2 fully saturated rings. The molecule has 1 aromatic rings. The summed E-state index contributed by atoms with van der Waals surface area (Å²) in [5.74, 6) is -1.07. The Morgan fingerprint density at radius 3 is 2.86 bits per heavy atom. The van der Waals surface area contributed by atoms with E-state index in [0.717, 1.165) is 19.3 Å². The Morgan fingerprint density at radius 2 is 2.14 bits per heavy atom. The molecule has 0 unspecified atom stereocenters. The second-order valence-corrected chi connectivity index (χ2v) is 6.01. The van der Waals surface area contributed by atoms with Gasteiger partial charge in [-0.1, -0.05) is 18.2 Å². The topological polar surface area (TPSA) is 65.0 Å². The van der Waals surface area contributed by atoms with Gasteiger partial charge in [-0.05, 0) is 25.0 Å². The van der Waals surface area contributed by atoms with Gasteiger partial charge >= 0.3 is 5.97 Å². The van der Waals surface area contributed by atoms with E-state index in [2.05, 4.69) is 0 Å². The van der Waals surface area contributed by atoms with Crippen molar-refractivity contribution in [3.8, 4) is 0 Å². The predicted octanol–water partition coefficient (Wildman–Crippen LogP) is 2.28. The summed E-state index contributed by atoms with van der Waals surface area (Å²) in [7, 11) is 0. The van der Waals surface area contributed by atoms with Gasteiger partial charge < -0.3 is 19.3 Å². The maximum Gasteiger partial charge on any atom is 0.338 e. The van der Waals surface area contributed by atoms with Crippen LogP contribution < -0.4 is 0 Å². The van der Waals surface area contributed by atoms with Gasteiger partial charge in [0.05, 0.1) is 24.4 Å². The zero-order valence-electron chi connectivity index (χ0n) is 12.6. The van der Waals surface area contributed by atoms with Gasteiger partial charge in [0.2, 0.25) is 0 Å². The van der Waals surface area contributed by atoms with Crippen molar-refractivity contribution >= 4 is 5.97 Å². The monoisotopic (exact) mass is 306 g/mol. The molecule has 120 valence electrons. The van der Waals surface area contributed by atoms with Crippen molar-refractivity contribution in [1.82, 2.24) is 0 Å². The van der Waals surface area contributed by atoms with Crippen LogP contribution >= 0.6 is 0 Å². The molecule has 5 heteroatoms. The zero-order valence-corrected chi connectivity index (χ0v) is 12.6. The molecule has 2 heterocycles. The number of rotatable bonds is 3. The highest BCUT2D eigenvalue weighted by Crippen LogP contribution is 2.37. The van der Waals surface area contributed by atoms with Crippen LogP contribution in [0.1, 0.15) is 42.5 Å². The van der Waals surface area contributed by atoms with Gasteiger partial charge in [-0.2, -0.15) is 0 Å². The molecule has 2 saturated heterocycles. The molecule has 3 rings (SSSR count). The molecule has 22 heavy (non-hydrogen) atoms. The van der Waals surface area contributed by atoms with Crippen LogP contribution in [0.3, 0.4) is 0 Å². The molecule has 0 aromatic heterocycles. The van der Waals surface area contributed by atoms with E-state index in [0.29, 0.717) is 25.0 Å². The highest BCUT2D eigenvalue weighted by atomic mass is 16.7. The van der Waals surface area contributed by atoms with E-state index in [4.69, 9.17) is 14.2 Å². The van der Waals surface area contributed by atoms with E-state index in [1.807, 2.05) is 6.07 Å². The van der Waals surface area contributed by atoms with Crippen molar-refractivity contribution in [2.75, 3.05) is 13.2 Å². The van der Waals surface area contributed by atoms with E-state index in [-0.39, 0.29) is 18.7 Å². The fraction of sp³-hybridized carbons (Fsp3) is 0.588. The number of carbonyl (C=O) groups is 1. The minimum absolute atomic E-state index is 0.135. The summed E-state index contributed by atoms with van der Waals surface area (Å²) in [6.45, 7) is 0.791. The molecule has 5 nitrogen and oxygen atoms in total. The van der Waals surface area contributed by atoms with E-state index < -0.39 is 11.9 Å². The van der Waals surface area contributed by atoms with Crippen LogP contribution in [0.15, 0.2) is 30.3 Å². The quantitative estimate of drug-likeness (QED) is 0.868. The Morgan fingerprint density at radius 1 is 1.32 bits per heavy atom. The molecule has 1 aromatic carbocycles. The summed E-state index contributed by atoms with van der Waals surface area (Å²) in [5, 5.41) is 10.1. The van der Waals surface area contributed by atoms with Gasteiger partial charge in [-0.15, -0.1) is 0 Å². The van der Waals surface area contributed by atoms with E-state index in [1.165, 1.54) is 0 Å². The third kappa shape index (κ3) is 3.66. The maximum atomic E-state index is 12.0. The van der Waals surface area contributed by atoms with E-state index >= 15 is 0 Å². The molecule has 3 atom stereocenters. The van der Waals surface area contributed by atoms with Crippen LogP contribution in [0, 0.1) is 0 Å². The Balaban J connectivity index is 1.56. The Hall–Kier alpha value is -1.43. The van der Waals surface area contributed by atoms with Crippen molar-refractivity contribution in [3.63, 3.8) is 0 Å². The second-order valence-electron chi connectivity index (χ2n) is 6.01. The van der Waals surface area contributed by atoms with Gasteiger partial charge in [-0.25, -0.2) is 4.79 Å². The lowest BCUT2D eigenvalue weighted by Gasteiger charge is -2.44. The standard InChI is InChI=1S/C17H22O5/c18-14-10-15(22-17(11-14)8-4-5-9-21-17)12-20-16(19)13-6-2-1-3-7-13/h1-3,6-7,14-15,18H,4-5,8-12H2/t14-,15+,17+/m1/s1. The van der Waals surface area contributed by atoms with Crippen LogP contribution in [0.2, 0.25) is 0 Å². The number of hydrogen-bond acceptors (Lipinski definition) is 5. The molecule has 0 saturated carbocycles. The van der Waals surface area contributed by atoms with Crippen molar-refractivity contribution in [3.05, 3.63) is 35.9 Å². The normalized spacial score (nSPS) is 31.9.